The number of aromatic nitrogens is 4. The van der Waals surface area contributed by atoms with Crippen LogP contribution in [0.5, 0.6) is 34.5 Å². The van der Waals surface area contributed by atoms with E-state index in [1.165, 1.54) is 140 Å². The van der Waals surface area contributed by atoms with E-state index >= 15 is 57.1 Å². The molecule has 25 heteroatoms. The molecule has 6 aromatic carbocycles. The molecule has 2 N–H and O–H groups in total. The highest BCUT2D eigenvalue weighted by molar-refractivity contribution is 6.33. The van der Waals surface area contributed by atoms with Gasteiger partial charge in [0.25, 0.3) is 0 Å². The Labute approximate surface area is 535 Å². The van der Waals surface area contributed by atoms with E-state index in [1.54, 1.807) is 18.2 Å². The van der Waals surface area contributed by atoms with Crippen LogP contribution in [0.15, 0.2) is 143 Å². The molecule has 3 aliphatic rings. The third-order valence-corrected chi connectivity index (χ3v) is 17.5. The molecule has 9 heterocycles. The van der Waals surface area contributed by atoms with E-state index in [0.29, 0.717) is 0 Å². The highest BCUT2D eigenvalue weighted by Gasteiger charge is 2.36. The van der Waals surface area contributed by atoms with Gasteiger partial charge in [-0.3, -0.25) is 0 Å². The number of ether oxygens (including phenoxy) is 6. The first kappa shape index (κ1) is 61.3. The molecule has 15 rings (SSSR count). The number of aliphatic imine (C=N–C) groups is 2. The van der Waals surface area contributed by atoms with Crippen LogP contribution in [0.4, 0.5) is 57.1 Å². The maximum atomic E-state index is 17.3. The second-order valence-electron chi connectivity index (χ2n) is 22.1. The Morgan fingerprint density at radius 2 is 0.629 bits per heavy atom. The number of allylic oxidation sites excluding steroid dienone is 3. The maximum absolute atomic E-state index is 17.3. The van der Waals surface area contributed by atoms with Crippen molar-refractivity contribution in [2.24, 2.45) is 9.98 Å². The molecular weight excluding hydrogens is 1290 g/mol. The van der Waals surface area contributed by atoms with Gasteiger partial charge in [0.15, 0.2) is 69.8 Å². The topological polar surface area (TPSA) is 120 Å². The fourth-order valence-electron chi connectivity index (χ4n) is 13.4. The van der Waals surface area contributed by atoms with Gasteiger partial charge in [-0.15, -0.1) is 0 Å². The molecule has 0 saturated carbocycles. The van der Waals surface area contributed by atoms with Crippen LogP contribution in [0.2, 0.25) is 0 Å². The van der Waals surface area contributed by atoms with Crippen LogP contribution >= 0.6 is 0 Å². The van der Waals surface area contributed by atoms with Crippen molar-refractivity contribution < 1.29 is 85.5 Å². The highest BCUT2D eigenvalue weighted by Crippen LogP contribution is 2.46. The van der Waals surface area contributed by atoms with Gasteiger partial charge < -0.3 is 47.2 Å². The van der Waals surface area contributed by atoms with Crippen molar-refractivity contribution in [3.63, 3.8) is 0 Å². The molecule has 16 bridgehead atoms. The molecule has 0 atom stereocenters. The van der Waals surface area contributed by atoms with Gasteiger partial charge in [-0.2, -0.15) is 0 Å². The van der Waals surface area contributed by atoms with Crippen molar-refractivity contribution in [3.8, 4) is 34.5 Å². The molecule has 12 aromatic rings. The average Bonchev–Trinajstić information content (AvgIpc) is 1.56. The minimum absolute atomic E-state index is 0.00242. The number of hydrogen-bond acceptors (Lipinski definition) is 8. The summed E-state index contributed by atoms with van der Waals surface area (Å²) in [5.41, 5.74) is -5.83. The predicted molar refractivity (Wildman–Crippen MR) is 332 cm³/mol. The zero-order valence-electron chi connectivity index (χ0n) is 50.8. The van der Waals surface area contributed by atoms with Crippen molar-refractivity contribution in [2.75, 3.05) is 42.7 Å². The molecule has 486 valence electrons. The molecule has 0 saturated heterocycles. The van der Waals surface area contributed by atoms with E-state index in [9.17, 15) is 0 Å². The number of H-pyrrole nitrogens is 2. The summed E-state index contributed by atoms with van der Waals surface area (Å²) in [7, 11) is 7.81. The van der Waals surface area contributed by atoms with Crippen molar-refractivity contribution in [2.45, 2.75) is 0 Å². The molecule has 12 nitrogen and oxygen atoms in total. The van der Waals surface area contributed by atoms with Crippen molar-refractivity contribution in [1.29, 1.82) is 0 Å². The predicted octanol–water partition coefficient (Wildman–Crippen LogP) is 13.0. The van der Waals surface area contributed by atoms with Gasteiger partial charge in [-0.1, -0.05) is 18.2 Å². The molecule has 0 unspecified atom stereocenters. The lowest BCUT2D eigenvalue weighted by Gasteiger charge is -2.18. The number of nitrogens with zero attached hydrogens (tertiary/aromatic N) is 4. The number of methoxy groups -OCH3 is 6. The second-order valence-corrected chi connectivity index (χ2v) is 22.1. The summed E-state index contributed by atoms with van der Waals surface area (Å²) in [6, 6.07) is 24.5. The SMILES string of the molecule is COc1cccc(OC)c1C1=C2C=CC(=N2)C(c2c(F)c(F)c(F)c(F)c2F)=c2ccc([nH]2)=C(c2c(OC)cccc2OC)c2ccc3c(c4c(F)c(F)c(F)c(F)c4n23)=C2C=CC(=N2)C(c2c(OC)cccc2OC)=c2ccc([nH]2)=c2c3c(F)c(F)c(F)c(F)c3n3c1ccc23. The Morgan fingerprint density at radius 3 is 1.09 bits per heavy atom. The molecular formula is C72H41F13N6O6. The van der Waals surface area contributed by atoms with E-state index in [2.05, 4.69) is 9.97 Å². The van der Waals surface area contributed by atoms with Crippen LogP contribution in [0.3, 0.4) is 0 Å². The summed E-state index contributed by atoms with van der Waals surface area (Å²) < 4.78 is 252. The third kappa shape index (κ3) is 8.65. The van der Waals surface area contributed by atoms with E-state index < -0.39 is 120 Å². The number of hydrogen-bond donors (Lipinski definition) is 2. The number of benzene rings is 6. The fraction of sp³-hybridized carbons (Fsp3) is 0.0833. The van der Waals surface area contributed by atoms with Crippen LogP contribution < -0.4 is 49.7 Å². The van der Waals surface area contributed by atoms with E-state index in [1.807, 2.05) is 0 Å². The molecule has 0 spiro atoms. The molecule has 3 aliphatic heterocycles. The number of halogens is 13. The smallest absolute Gasteiger partial charge is 0.200 e. The number of fused-ring (bicyclic) bond motifs is 10. The maximum Gasteiger partial charge on any atom is 0.200 e. The van der Waals surface area contributed by atoms with Crippen LogP contribution in [-0.2, 0) is 0 Å². The minimum Gasteiger partial charge on any atom is -0.496 e. The van der Waals surface area contributed by atoms with Gasteiger partial charge in [-0.05, 0) is 109 Å². The third-order valence-electron chi connectivity index (χ3n) is 17.5. The molecule has 0 radical (unpaired) electrons. The average molecular weight is 1330 g/mol. The summed E-state index contributed by atoms with van der Waals surface area (Å²) in [6.07, 6.45) is 5.17. The Balaban J connectivity index is 1.23. The quantitative estimate of drug-likeness (QED) is 0.0799. The summed E-state index contributed by atoms with van der Waals surface area (Å²) in [5.74, 6) is -28.0. The highest BCUT2D eigenvalue weighted by atomic mass is 19.2. The number of aromatic amines is 2. The lowest BCUT2D eigenvalue weighted by molar-refractivity contribution is 0.376. The number of rotatable bonds is 10. The summed E-state index contributed by atoms with van der Waals surface area (Å²) in [5, 5.41) is -2.89. The minimum atomic E-state index is -2.53. The summed E-state index contributed by atoms with van der Waals surface area (Å²) >= 11 is 0. The molecule has 97 heavy (non-hydrogen) atoms. The first-order valence-corrected chi connectivity index (χ1v) is 29.1. The van der Waals surface area contributed by atoms with Gasteiger partial charge in [0.1, 0.15) is 34.5 Å². The Kier molecular flexibility index (Phi) is 14.3. The zero-order valence-corrected chi connectivity index (χ0v) is 50.8. The van der Waals surface area contributed by atoms with E-state index in [-0.39, 0.29) is 134 Å². The summed E-state index contributed by atoms with van der Waals surface area (Å²) in [4.78, 5) is 16.1. The standard InChI is InChI=1S/C72H41F13N6O6/c1-92-40-10-7-11-41(93-2)52(40)46-28-16-22-34(86-28)50-38-26-24-36(90(38)71-56(50)60(75)64(79)67(82)69(71)84)48(53-42(94-3)12-8-13-43(53)95-4)32-20-18-30(88-32)47(55-58(73)62(77)66(81)63(78)59(55)74)31-19-21-33(89-31)49(54-44(96-5)14-9-15-45(54)97-6)37-25-27-39-51(35-23-17-29(46)87-35)57-61(76)65(80)68(83)70(85)72(57)91(37)39/h7-27,86,89H,1-6H3. The lowest BCUT2D eigenvalue weighted by atomic mass is 9.98. The Hall–Kier alpha value is -11.9. The van der Waals surface area contributed by atoms with Gasteiger partial charge >= 0.3 is 0 Å². The van der Waals surface area contributed by atoms with Crippen LogP contribution in [0.1, 0.15) is 33.6 Å². The second kappa shape index (κ2) is 22.7. The van der Waals surface area contributed by atoms with Gasteiger partial charge in [-0.25, -0.2) is 67.1 Å². The zero-order chi connectivity index (χ0) is 68.1. The van der Waals surface area contributed by atoms with E-state index in [0.717, 1.165) is 20.9 Å². The van der Waals surface area contributed by atoms with Gasteiger partial charge in [0.05, 0.1) is 132 Å². The number of nitrogens with one attached hydrogen (secondary N) is 2. The Morgan fingerprint density at radius 1 is 0.299 bits per heavy atom. The van der Waals surface area contributed by atoms with Crippen LogP contribution in [-0.4, -0.2) is 72.9 Å². The lowest BCUT2D eigenvalue weighted by Crippen LogP contribution is -2.22. The molecule has 0 amide bonds. The van der Waals surface area contributed by atoms with Crippen molar-refractivity contribution >= 4 is 72.3 Å². The largest absolute Gasteiger partial charge is 0.496 e. The molecule has 0 fully saturated rings. The molecule has 6 aromatic heterocycles. The monoisotopic (exact) mass is 1330 g/mol. The summed E-state index contributed by atoms with van der Waals surface area (Å²) in [6.45, 7) is 0. The first-order chi connectivity index (χ1) is 46.8. The van der Waals surface area contributed by atoms with E-state index in [4.69, 9.17) is 38.4 Å². The first-order valence-electron chi connectivity index (χ1n) is 29.1. The van der Waals surface area contributed by atoms with Crippen molar-refractivity contribution in [3.05, 3.63) is 274 Å². The van der Waals surface area contributed by atoms with Gasteiger partial charge in [0, 0.05) is 54.1 Å². The normalized spacial score (nSPS) is 13.8. The fourth-order valence-corrected chi connectivity index (χ4v) is 13.4. The Bertz CT molecular complexity index is 6000. The van der Waals surface area contributed by atoms with Crippen LogP contribution in [0, 0.1) is 86.2 Å². The molecule has 0 aliphatic carbocycles. The van der Waals surface area contributed by atoms with Gasteiger partial charge in [0.2, 0.25) is 5.82 Å². The van der Waals surface area contributed by atoms with Crippen LogP contribution in [0.25, 0.3) is 60.8 Å². The van der Waals surface area contributed by atoms with Crippen molar-refractivity contribution in [1.82, 2.24) is 18.8 Å².